The maximum Gasteiger partial charge on any atom is 0.152 e. The van der Waals surface area contributed by atoms with Gasteiger partial charge in [0, 0.05) is 0 Å². The molecule has 0 amide bonds. The van der Waals surface area contributed by atoms with Crippen LogP contribution in [-0.4, -0.2) is 32.5 Å². The van der Waals surface area contributed by atoms with Gasteiger partial charge in [-0.25, -0.2) is 8.42 Å². The summed E-state index contributed by atoms with van der Waals surface area (Å²) in [6, 6.07) is 0. The van der Waals surface area contributed by atoms with Crippen molar-refractivity contribution in [1.29, 1.82) is 0 Å². The molecule has 1 N–H and O–H groups in total. The Hall–Kier alpha value is -0.0900. The standard InChI is InChI=1S/C17H35NO2S/c1-14(2)12-18-13-17-9-7-5-6-8-16(17)10-11-21(19,20)15(3)4/h14-18H,5-13H2,1-4H3. The molecule has 0 saturated heterocycles. The Morgan fingerprint density at radius 2 is 1.62 bits per heavy atom. The van der Waals surface area contributed by atoms with Crippen LogP contribution in [0.15, 0.2) is 0 Å². The molecule has 0 heterocycles. The molecule has 2 unspecified atom stereocenters. The Morgan fingerprint density at radius 3 is 2.19 bits per heavy atom. The summed E-state index contributed by atoms with van der Waals surface area (Å²) in [4.78, 5) is 0. The lowest BCUT2D eigenvalue weighted by Crippen LogP contribution is -2.31. The van der Waals surface area contributed by atoms with E-state index in [-0.39, 0.29) is 5.25 Å². The predicted molar refractivity (Wildman–Crippen MR) is 91.3 cm³/mol. The number of hydrogen-bond donors (Lipinski definition) is 1. The van der Waals surface area contributed by atoms with E-state index in [1.54, 1.807) is 13.8 Å². The first-order valence-electron chi connectivity index (χ1n) is 8.75. The van der Waals surface area contributed by atoms with Gasteiger partial charge in [0.15, 0.2) is 9.84 Å². The van der Waals surface area contributed by atoms with Gasteiger partial charge < -0.3 is 5.32 Å². The molecule has 0 bridgehead atoms. The van der Waals surface area contributed by atoms with E-state index in [4.69, 9.17) is 0 Å². The summed E-state index contributed by atoms with van der Waals surface area (Å²) in [7, 11) is -2.89. The second-order valence-corrected chi connectivity index (χ2v) is 10.1. The molecular weight excluding hydrogens is 282 g/mol. The quantitative estimate of drug-likeness (QED) is 0.695. The summed E-state index contributed by atoms with van der Waals surface area (Å²) in [5.74, 6) is 2.29. The molecule has 1 aliphatic carbocycles. The molecule has 0 aromatic heterocycles. The van der Waals surface area contributed by atoms with Crippen LogP contribution in [0.5, 0.6) is 0 Å². The van der Waals surface area contributed by atoms with Crippen LogP contribution in [0, 0.1) is 17.8 Å². The summed E-state index contributed by atoms with van der Waals surface area (Å²) in [5.41, 5.74) is 0. The molecule has 2 atom stereocenters. The van der Waals surface area contributed by atoms with E-state index in [1.807, 2.05) is 0 Å². The van der Waals surface area contributed by atoms with Crippen LogP contribution >= 0.6 is 0 Å². The predicted octanol–water partition coefficient (Wildman–Crippen LogP) is 3.64. The van der Waals surface area contributed by atoms with Gasteiger partial charge in [0.05, 0.1) is 11.0 Å². The average molecular weight is 318 g/mol. The highest BCUT2D eigenvalue weighted by Crippen LogP contribution is 2.31. The van der Waals surface area contributed by atoms with Crippen molar-refractivity contribution in [3.8, 4) is 0 Å². The van der Waals surface area contributed by atoms with Crippen molar-refractivity contribution in [1.82, 2.24) is 5.32 Å². The van der Waals surface area contributed by atoms with Crippen molar-refractivity contribution in [2.75, 3.05) is 18.8 Å². The zero-order chi connectivity index (χ0) is 15.9. The molecule has 0 aromatic rings. The molecule has 0 radical (unpaired) electrons. The maximum absolute atomic E-state index is 12.1. The van der Waals surface area contributed by atoms with Gasteiger partial charge in [0.25, 0.3) is 0 Å². The first-order valence-corrected chi connectivity index (χ1v) is 10.5. The maximum atomic E-state index is 12.1. The van der Waals surface area contributed by atoms with Gasteiger partial charge >= 0.3 is 0 Å². The molecular formula is C17H35NO2S. The van der Waals surface area contributed by atoms with Gasteiger partial charge in [-0.1, -0.05) is 39.5 Å². The molecule has 21 heavy (non-hydrogen) atoms. The monoisotopic (exact) mass is 317 g/mol. The largest absolute Gasteiger partial charge is 0.316 e. The number of sulfone groups is 1. The van der Waals surface area contributed by atoms with Crippen molar-refractivity contribution < 1.29 is 8.42 Å². The fraction of sp³-hybridized carbons (Fsp3) is 1.00. The zero-order valence-electron chi connectivity index (χ0n) is 14.4. The van der Waals surface area contributed by atoms with Gasteiger partial charge in [0.2, 0.25) is 0 Å². The molecule has 4 heteroatoms. The van der Waals surface area contributed by atoms with Crippen molar-refractivity contribution in [2.45, 2.75) is 71.5 Å². The van der Waals surface area contributed by atoms with Crippen LogP contribution in [0.4, 0.5) is 0 Å². The van der Waals surface area contributed by atoms with E-state index in [1.165, 1.54) is 32.1 Å². The second-order valence-electron chi connectivity index (χ2n) is 7.41. The Kier molecular flexibility index (Phi) is 8.25. The highest BCUT2D eigenvalue weighted by Gasteiger charge is 2.26. The molecule has 3 nitrogen and oxygen atoms in total. The lowest BCUT2D eigenvalue weighted by molar-refractivity contribution is 0.288. The Bertz CT molecular complexity index is 376. The van der Waals surface area contributed by atoms with E-state index in [2.05, 4.69) is 19.2 Å². The minimum atomic E-state index is -2.89. The third-order valence-electron chi connectivity index (χ3n) is 4.77. The topological polar surface area (TPSA) is 46.2 Å². The molecule has 1 aliphatic rings. The van der Waals surface area contributed by atoms with E-state index in [0.717, 1.165) is 19.5 Å². The van der Waals surface area contributed by atoms with E-state index in [0.29, 0.717) is 23.5 Å². The zero-order valence-corrected chi connectivity index (χ0v) is 15.2. The average Bonchev–Trinajstić information content (AvgIpc) is 2.61. The normalized spacial score (nSPS) is 24.5. The molecule has 0 aliphatic heterocycles. The van der Waals surface area contributed by atoms with Crippen LogP contribution in [-0.2, 0) is 9.84 Å². The van der Waals surface area contributed by atoms with Crippen LogP contribution < -0.4 is 5.32 Å². The molecule has 0 aromatic carbocycles. The summed E-state index contributed by atoms with van der Waals surface area (Å²) in [6.07, 6.45) is 7.22. The Morgan fingerprint density at radius 1 is 1.00 bits per heavy atom. The second kappa shape index (κ2) is 9.14. The summed E-state index contributed by atoms with van der Waals surface area (Å²) < 4.78 is 24.1. The number of rotatable bonds is 8. The van der Waals surface area contributed by atoms with Gasteiger partial charge in [0.1, 0.15) is 0 Å². The SMILES string of the molecule is CC(C)CNCC1CCCCCC1CCS(=O)(=O)C(C)C. The first-order chi connectivity index (χ1) is 9.83. The summed E-state index contributed by atoms with van der Waals surface area (Å²) in [6.45, 7) is 10.2. The highest BCUT2D eigenvalue weighted by molar-refractivity contribution is 7.91. The molecule has 1 rings (SSSR count). The van der Waals surface area contributed by atoms with E-state index < -0.39 is 9.84 Å². The molecule has 1 fully saturated rings. The highest BCUT2D eigenvalue weighted by atomic mass is 32.2. The third-order valence-corrected chi connectivity index (χ3v) is 7.01. The third kappa shape index (κ3) is 7.14. The Balaban J connectivity index is 2.52. The fourth-order valence-corrected chi connectivity index (χ4v) is 4.32. The van der Waals surface area contributed by atoms with Crippen LogP contribution in [0.25, 0.3) is 0 Å². The van der Waals surface area contributed by atoms with E-state index in [9.17, 15) is 8.42 Å². The molecule has 0 spiro atoms. The summed E-state index contributed by atoms with van der Waals surface area (Å²) in [5, 5.41) is 3.35. The molecule has 126 valence electrons. The number of nitrogens with one attached hydrogen (secondary N) is 1. The molecule has 1 saturated carbocycles. The minimum absolute atomic E-state index is 0.235. The number of hydrogen-bond acceptors (Lipinski definition) is 3. The summed E-state index contributed by atoms with van der Waals surface area (Å²) >= 11 is 0. The Labute approximate surface area is 132 Å². The van der Waals surface area contributed by atoms with Gasteiger partial charge in [-0.3, -0.25) is 0 Å². The van der Waals surface area contributed by atoms with Gasteiger partial charge in [-0.2, -0.15) is 0 Å². The van der Waals surface area contributed by atoms with Crippen LogP contribution in [0.2, 0.25) is 0 Å². The lowest BCUT2D eigenvalue weighted by atomic mass is 9.86. The van der Waals surface area contributed by atoms with Crippen molar-refractivity contribution in [2.24, 2.45) is 17.8 Å². The van der Waals surface area contributed by atoms with Crippen molar-refractivity contribution >= 4 is 9.84 Å². The fourth-order valence-electron chi connectivity index (χ4n) is 3.22. The smallest absolute Gasteiger partial charge is 0.152 e. The van der Waals surface area contributed by atoms with Crippen molar-refractivity contribution in [3.63, 3.8) is 0 Å². The van der Waals surface area contributed by atoms with Gasteiger partial charge in [-0.05, 0) is 57.5 Å². The van der Waals surface area contributed by atoms with E-state index >= 15 is 0 Å². The van der Waals surface area contributed by atoms with Crippen molar-refractivity contribution in [3.05, 3.63) is 0 Å². The lowest BCUT2D eigenvalue weighted by Gasteiger charge is -2.26. The first kappa shape index (κ1) is 19.0. The van der Waals surface area contributed by atoms with Crippen LogP contribution in [0.3, 0.4) is 0 Å². The van der Waals surface area contributed by atoms with Crippen LogP contribution in [0.1, 0.15) is 66.2 Å². The van der Waals surface area contributed by atoms with Gasteiger partial charge in [-0.15, -0.1) is 0 Å². The minimum Gasteiger partial charge on any atom is -0.316 e.